The molecule has 0 unspecified atom stereocenters. The average Bonchev–Trinajstić information content (AvgIpc) is 3.06. The Hall–Kier alpha value is -2.96. The van der Waals surface area contributed by atoms with Crippen LogP contribution in [0.1, 0.15) is 21.6 Å². The highest BCUT2D eigenvalue weighted by Crippen LogP contribution is 2.08. The Kier molecular flexibility index (Phi) is 3.69. The quantitative estimate of drug-likeness (QED) is 0.793. The Morgan fingerprint density at radius 3 is 2.68 bits per heavy atom. The lowest BCUT2D eigenvalue weighted by Crippen LogP contribution is -2.14. The number of benzene rings is 1. The van der Waals surface area contributed by atoms with Crippen LogP contribution >= 0.6 is 0 Å². The molecule has 3 rings (SSSR count). The highest BCUT2D eigenvalue weighted by Gasteiger charge is 2.14. The Balaban J connectivity index is 1.69. The van der Waals surface area contributed by atoms with E-state index in [1.54, 1.807) is 35.9 Å². The van der Waals surface area contributed by atoms with Crippen molar-refractivity contribution in [1.29, 1.82) is 0 Å². The van der Waals surface area contributed by atoms with Crippen molar-refractivity contribution in [2.75, 3.05) is 5.32 Å². The summed E-state index contributed by atoms with van der Waals surface area (Å²) in [6, 6.07) is 9.94. The predicted molar refractivity (Wildman–Crippen MR) is 81.5 cm³/mol. The number of aryl methyl sites for hydroxylation is 2. The second-order valence-corrected chi connectivity index (χ2v) is 5.01. The molecule has 112 valence electrons. The van der Waals surface area contributed by atoms with Gasteiger partial charge >= 0.3 is 0 Å². The number of aromatic nitrogens is 5. The van der Waals surface area contributed by atoms with Crippen LogP contribution in [-0.4, -0.2) is 30.5 Å². The summed E-state index contributed by atoms with van der Waals surface area (Å²) in [7, 11) is 1.77. The van der Waals surface area contributed by atoms with Crippen molar-refractivity contribution < 1.29 is 4.79 Å². The summed E-state index contributed by atoms with van der Waals surface area (Å²) in [5.41, 5.74) is 2.30. The first kappa shape index (κ1) is 14.0. The van der Waals surface area contributed by atoms with Gasteiger partial charge in [0.05, 0.1) is 17.8 Å². The zero-order chi connectivity index (χ0) is 15.5. The van der Waals surface area contributed by atoms with E-state index in [1.165, 1.54) is 0 Å². The van der Waals surface area contributed by atoms with Crippen molar-refractivity contribution in [3.05, 3.63) is 59.7 Å². The van der Waals surface area contributed by atoms with Crippen LogP contribution in [0.25, 0.3) is 0 Å². The van der Waals surface area contributed by atoms with Gasteiger partial charge in [-0.2, -0.15) is 5.10 Å². The number of hydrogen-bond donors (Lipinski definition) is 1. The van der Waals surface area contributed by atoms with Crippen molar-refractivity contribution in [3.63, 3.8) is 0 Å². The zero-order valence-corrected chi connectivity index (χ0v) is 12.4. The van der Waals surface area contributed by atoms with Gasteiger partial charge in [-0.15, -0.1) is 5.10 Å². The molecule has 0 aliphatic carbocycles. The fraction of sp³-hybridized carbons (Fsp3) is 0.200. The fourth-order valence-corrected chi connectivity index (χ4v) is 2.19. The molecular formula is C15H16N6O. The average molecular weight is 296 g/mol. The summed E-state index contributed by atoms with van der Waals surface area (Å²) >= 11 is 0. The second-order valence-electron chi connectivity index (χ2n) is 5.01. The SMILES string of the molecule is Cc1nn(C)cc1C(=O)Nc1ncn(Cc2ccccc2)n1. The molecule has 0 spiro atoms. The van der Waals surface area contributed by atoms with Gasteiger partial charge in [-0.1, -0.05) is 30.3 Å². The van der Waals surface area contributed by atoms with E-state index in [-0.39, 0.29) is 11.9 Å². The summed E-state index contributed by atoms with van der Waals surface area (Å²) in [6.07, 6.45) is 3.27. The number of nitrogens with one attached hydrogen (secondary N) is 1. The van der Waals surface area contributed by atoms with Crippen molar-refractivity contribution in [2.45, 2.75) is 13.5 Å². The van der Waals surface area contributed by atoms with Gasteiger partial charge in [0.2, 0.25) is 5.95 Å². The Bertz CT molecular complexity index is 789. The van der Waals surface area contributed by atoms with E-state index in [4.69, 9.17) is 0 Å². The van der Waals surface area contributed by atoms with Crippen molar-refractivity contribution in [3.8, 4) is 0 Å². The van der Waals surface area contributed by atoms with E-state index < -0.39 is 0 Å². The molecule has 0 fully saturated rings. The monoisotopic (exact) mass is 296 g/mol. The molecule has 3 aromatic rings. The smallest absolute Gasteiger partial charge is 0.261 e. The molecule has 0 bridgehead atoms. The van der Waals surface area contributed by atoms with Gasteiger partial charge in [0.1, 0.15) is 6.33 Å². The Morgan fingerprint density at radius 2 is 2.00 bits per heavy atom. The third kappa shape index (κ3) is 3.03. The first-order valence-electron chi connectivity index (χ1n) is 6.87. The van der Waals surface area contributed by atoms with Crippen LogP contribution in [0.3, 0.4) is 0 Å². The van der Waals surface area contributed by atoms with Crippen LogP contribution in [0.4, 0.5) is 5.95 Å². The van der Waals surface area contributed by atoms with E-state index in [0.29, 0.717) is 17.8 Å². The van der Waals surface area contributed by atoms with Crippen LogP contribution < -0.4 is 5.32 Å². The molecule has 0 atom stereocenters. The Labute approximate surface area is 127 Å². The van der Waals surface area contributed by atoms with Crippen LogP contribution in [0.15, 0.2) is 42.9 Å². The summed E-state index contributed by atoms with van der Waals surface area (Å²) in [6.45, 7) is 2.39. The fourth-order valence-electron chi connectivity index (χ4n) is 2.19. The first-order chi connectivity index (χ1) is 10.6. The van der Waals surface area contributed by atoms with Gasteiger partial charge in [-0.05, 0) is 12.5 Å². The maximum Gasteiger partial charge on any atom is 0.261 e. The second kappa shape index (κ2) is 5.80. The summed E-state index contributed by atoms with van der Waals surface area (Å²) in [4.78, 5) is 16.3. The molecule has 1 aromatic carbocycles. The molecule has 1 amide bonds. The van der Waals surface area contributed by atoms with Crippen LogP contribution in [0.5, 0.6) is 0 Å². The van der Waals surface area contributed by atoms with E-state index in [9.17, 15) is 4.79 Å². The zero-order valence-electron chi connectivity index (χ0n) is 12.4. The van der Waals surface area contributed by atoms with Gasteiger partial charge in [0.15, 0.2) is 0 Å². The van der Waals surface area contributed by atoms with Gasteiger partial charge in [-0.25, -0.2) is 9.67 Å². The number of amides is 1. The van der Waals surface area contributed by atoms with Crippen LogP contribution in [0.2, 0.25) is 0 Å². The predicted octanol–water partition coefficient (Wildman–Crippen LogP) is 1.62. The van der Waals surface area contributed by atoms with Crippen LogP contribution in [-0.2, 0) is 13.6 Å². The topological polar surface area (TPSA) is 77.6 Å². The largest absolute Gasteiger partial charge is 0.289 e. The minimum atomic E-state index is -0.261. The summed E-state index contributed by atoms with van der Waals surface area (Å²) < 4.78 is 3.28. The van der Waals surface area contributed by atoms with Crippen molar-refractivity contribution in [1.82, 2.24) is 24.5 Å². The standard InChI is InChI=1S/C15H16N6O/c1-11-13(9-20(2)18-11)14(22)17-15-16-10-21(19-15)8-12-6-4-3-5-7-12/h3-7,9-10H,8H2,1-2H3,(H,17,19,22). The lowest BCUT2D eigenvalue weighted by Gasteiger charge is -2.01. The molecule has 0 saturated carbocycles. The van der Waals surface area contributed by atoms with Crippen LogP contribution in [0, 0.1) is 6.92 Å². The van der Waals surface area contributed by atoms with Gasteiger partial charge < -0.3 is 0 Å². The molecule has 0 aliphatic rings. The molecule has 0 saturated heterocycles. The molecule has 2 heterocycles. The van der Waals surface area contributed by atoms with Gasteiger partial charge in [-0.3, -0.25) is 14.8 Å². The normalized spacial score (nSPS) is 10.6. The molecule has 0 radical (unpaired) electrons. The molecule has 0 aliphatic heterocycles. The molecule has 7 nitrogen and oxygen atoms in total. The lowest BCUT2D eigenvalue weighted by atomic mass is 10.2. The van der Waals surface area contributed by atoms with E-state index in [0.717, 1.165) is 5.56 Å². The number of nitrogens with zero attached hydrogens (tertiary/aromatic N) is 5. The minimum absolute atomic E-state index is 0.261. The third-order valence-electron chi connectivity index (χ3n) is 3.21. The van der Waals surface area contributed by atoms with Crippen molar-refractivity contribution in [2.24, 2.45) is 7.05 Å². The molecule has 1 N–H and O–H groups in total. The van der Waals surface area contributed by atoms with E-state index in [1.807, 2.05) is 30.3 Å². The number of carbonyl (C=O) groups excluding carboxylic acids is 1. The van der Waals surface area contributed by atoms with Gasteiger partial charge in [0, 0.05) is 13.2 Å². The number of rotatable bonds is 4. The maximum atomic E-state index is 12.2. The highest BCUT2D eigenvalue weighted by atomic mass is 16.1. The summed E-state index contributed by atoms with van der Waals surface area (Å²) in [5.74, 6) is 0.0206. The summed E-state index contributed by atoms with van der Waals surface area (Å²) in [5, 5.41) is 11.1. The molecular weight excluding hydrogens is 280 g/mol. The maximum absolute atomic E-state index is 12.2. The van der Waals surface area contributed by atoms with Crippen molar-refractivity contribution >= 4 is 11.9 Å². The molecule has 7 heteroatoms. The van der Waals surface area contributed by atoms with E-state index >= 15 is 0 Å². The van der Waals surface area contributed by atoms with E-state index in [2.05, 4.69) is 20.5 Å². The molecule has 2 aromatic heterocycles. The number of anilines is 1. The highest BCUT2D eigenvalue weighted by molar-refractivity contribution is 6.03. The Morgan fingerprint density at radius 1 is 1.23 bits per heavy atom. The third-order valence-corrected chi connectivity index (χ3v) is 3.21. The first-order valence-corrected chi connectivity index (χ1v) is 6.87. The van der Waals surface area contributed by atoms with Gasteiger partial charge in [0.25, 0.3) is 5.91 Å². The molecule has 22 heavy (non-hydrogen) atoms. The minimum Gasteiger partial charge on any atom is -0.289 e. The lowest BCUT2D eigenvalue weighted by molar-refractivity contribution is 0.102. The number of hydrogen-bond acceptors (Lipinski definition) is 4. The number of carbonyl (C=O) groups is 1.